The largest absolute Gasteiger partial charge is 0.456 e. The molecule has 0 unspecified atom stereocenters. The van der Waals surface area contributed by atoms with Gasteiger partial charge >= 0.3 is 5.97 Å². The van der Waals surface area contributed by atoms with Gasteiger partial charge in [0.25, 0.3) is 5.91 Å². The zero-order valence-electron chi connectivity index (χ0n) is 14.0. The molecule has 0 aliphatic heterocycles. The molecule has 24 heavy (non-hydrogen) atoms. The molecule has 0 aliphatic carbocycles. The van der Waals surface area contributed by atoms with Crippen molar-refractivity contribution in [1.29, 1.82) is 0 Å². The van der Waals surface area contributed by atoms with Crippen LogP contribution in [0.5, 0.6) is 0 Å². The number of hydrogen-bond donors (Lipinski definition) is 1. The molecule has 1 heterocycles. The van der Waals surface area contributed by atoms with Gasteiger partial charge in [-0.2, -0.15) is 0 Å². The van der Waals surface area contributed by atoms with Crippen molar-refractivity contribution < 1.29 is 14.3 Å². The number of benzene rings is 1. The normalized spacial score (nSPS) is 11.0. The van der Waals surface area contributed by atoms with E-state index in [2.05, 4.69) is 26.2 Å². The molecule has 0 saturated carbocycles. The summed E-state index contributed by atoms with van der Waals surface area (Å²) in [6.07, 6.45) is 0. The first-order valence-electron chi connectivity index (χ1n) is 7.43. The summed E-state index contributed by atoms with van der Waals surface area (Å²) >= 11 is 3.32. The molecule has 1 N–H and O–H groups in total. The third kappa shape index (κ3) is 4.89. The Labute approximate surface area is 149 Å². The summed E-state index contributed by atoms with van der Waals surface area (Å²) in [7, 11) is 0. The lowest BCUT2D eigenvalue weighted by molar-refractivity contribution is 0.00678. The second kappa shape index (κ2) is 7.13. The lowest BCUT2D eigenvalue weighted by atomic mass is 10.1. The van der Waals surface area contributed by atoms with Crippen LogP contribution in [-0.4, -0.2) is 22.5 Å². The minimum atomic E-state index is -0.643. The van der Waals surface area contributed by atoms with Gasteiger partial charge in [0, 0.05) is 10.2 Å². The average molecular weight is 391 g/mol. The fourth-order valence-electron chi connectivity index (χ4n) is 2.01. The number of carbonyl (C=O) groups is 2. The maximum Gasteiger partial charge on any atom is 0.339 e. The number of esters is 1. The van der Waals surface area contributed by atoms with E-state index in [1.54, 1.807) is 51.1 Å². The van der Waals surface area contributed by atoms with Crippen LogP contribution in [-0.2, 0) is 4.74 Å². The van der Waals surface area contributed by atoms with Gasteiger partial charge in [-0.1, -0.05) is 22.0 Å². The van der Waals surface area contributed by atoms with Crippen molar-refractivity contribution in [1.82, 2.24) is 4.98 Å². The number of pyridine rings is 1. The fourth-order valence-corrected chi connectivity index (χ4v) is 2.37. The third-order valence-electron chi connectivity index (χ3n) is 2.97. The lowest BCUT2D eigenvalue weighted by Gasteiger charge is -2.20. The van der Waals surface area contributed by atoms with E-state index in [1.807, 2.05) is 13.0 Å². The highest BCUT2D eigenvalue weighted by molar-refractivity contribution is 9.10. The molecule has 0 atom stereocenters. The Morgan fingerprint density at radius 3 is 2.46 bits per heavy atom. The highest BCUT2D eigenvalue weighted by Gasteiger charge is 2.23. The quantitative estimate of drug-likeness (QED) is 0.790. The molecule has 0 bridgehead atoms. The molecule has 0 aliphatic rings. The Morgan fingerprint density at radius 2 is 1.83 bits per heavy atom. The Balaban J connectivity index is 2.33. The SMILES string of the molecule is Cc1cccc(NC(=O)c2cc(Br)ccc2C(=O)OC(C)(C)C)n1. The van der Waals surface area contributed by atoms with Gasteiger partial charge in [-0.15, -0.1) is 0 Å². The minimum Gasteiger partial charge on any atom is -0.456 e. The topological polar surface area (TPSA) is 68.3 Å². The molecule has 2 aromatic rings. The molecule has 1 aromatic carbocycles. The summed E-state index contributed by atoms with van der Waals surface area (Å²) in [6.45, 7) is 7.17. The summed E-state index contributed by atoms with van der Waals surface area (Å²) in [5, 5.41) is 2.71. The Hall–Kier alpha value is -2.21. The molecule has 2 rings (SSSR count). The first-order chi connectivity index (χ1) is 11.2. The second-order valence-corrected chi connectivity index (χ2v) is 7.23. The first kappa shape index (κ1) is 18.1. The second-order valence-electron chi connectivity index (χ2n) is 6.31. The van der Waals surface area contributed by atoms with Gasteiger partial charge in [0.15, 0.2) is 0 Å². The van der Waals surface area contributed by atoms with Crippen molar-refractivity contribution in [3.63, 3.8) is 0 Å². The Morgan fingerprint density at radius 1 is 1.12 bits per heavy atom. The van der Waals surface area contributed by atoms with E-state index >= 15 is 0 Å². The number of ether oxygens (including phenoxy) is 1. The van der Waals surface area contributed by atoms with Crippen molar-refractivity contribution in [3.05, 3.63) is 57.7 Å². The van der Waals surface area contributed by atoms with Crippen LogP contribution >= 0.6 is 15.9 Å². The number of aryl methyl sites for hydroxylation is 1. The molecule has 5 nitrogen and oxygen atoms in total. The van der Waals surface area contributed by atoms with E-state index in [1.165, 1.54) is 0 Å². The van der Waals surface area contributed by atoms with E-state index < -0.39 is 17.5 Å². The van der Waals surface area contributed by atoms with Gasteiger partial charge in [0.05, 0.1) is 11.1 Å². The van der Waals surface area contributed by atoms with E-state index in [-0.39, 0.29) is 11.1 Å². The summed E-state index contributed by atoms with van der Waals surface area (Å²) in [6, 6.07) is 10.2. The van der Waals surface area contributed by atoms with Gasteiger partial charge in [-0.3, -0.25) is 4.79 Å². The van der Waals surface area contributed by atoms with Gasteiger partial charge < -0.3 is 10.1 Å². The molecule has 1 amide bonds. The monoisotopic (exact) mass is 390 g/mol. The van der Waals surface area contributed by atoms with Gasteiger partial charge in [0.2, 0.25) is 0 Å². The van der Waals surface area contributed by atoms with Crippen LogP contribution in [0.3, 0.4) is 0 Å². The van der Waals surface area contributed by atoms with Gasteiger partial charge in [-0.25, -0.2) is 9.78 Å². The van der Waals surface area contributed by atoms with Crippen LogP contribution in [0.4, 0.5) is 5.82 Å². The van der Waals surface area contributed by atoms with Crippen LogP contribution in [0, 0.1) is 6.92 Å². The Kier molecular flexibility index (Phi) is 5.39. The van der Waals surface area contributed by atoms with Gasteiger partial charge in [0.1, 0.15) is 11.4 Å². The molecule has 0 fully saturated rings. The van der Waals surface area contributed by atoms with Crippen LogP contribution in [0.15, 0.2) is 40.9 Å². The first-order valence-corrected chi connectivity index (χ1v) is 8.23. The fraction of sp³-hybridized carbons (Fsp3) is 0.278. The van der Waals surface area contributed by atoms with Crippen LogP contribution in [0.2, 0.25) is 0 Å². The number of nitrogens with one attached hydrogen (secondary N) is 1. The number of rotatable bonds is 3. The number of hydrogen-bond acceptors (Lipinski definition) is 4. The highest BCUT2D eigenvalue weighted by Crippen LogP contribution is 2.21. The summed E-state index contributed by atoms with van der Waals surface area (Å²) in [4.78, 5) is 29.2. The van der Waals surface area contributed by atoms with E-state index in [4.69, 9.17) is 4.74 Å². The molecule has 0 radical (unpaired) electrons. The molecule has 1 aromatic heterocycles. The third-order valence-corrected chi connectivity index (χ3v) is 3.47. The number of nitrogens with zero attached hydrogens (tertiary/aromatic N) is 1. The zero-order chi connectivity index (χ0) is 17.9. The van der Waals surface area contributed by atoms with E-state index in [0.29, 0.717) is 10.3 Å². The van der Waals surface area contributed by atoms with E-state index in [0.717, 1.165) is 5.69 Å². The number of anilines is 1. The number of halogens is 1. The average Bonchev–Trinajstić information content (AvgIpc) is 2.45. The van der Waals surface area contributed by atoms with Crippen LogP contribution in [0.1, 0.15) is 47.2 Å². The summed E-state index contributed by atoms with van der Waals surface area (Å²) in [5.41, 5.74) is 0.574. The smallest absolute Gasteiger partial charge is 0.339 e. The minimum absolute atomic E-state index is 0.207. The molecule has 0 saturated heterocycles. The number of amides is 1. The number of carbonyl (C=O) groups excluding carboxylic acids is 2. The highest BCUT2D eigenvalue weighted by atomic mass is 79.9. The molecular weight excluding hydrogens is 372 g/mol. The zero-order valence-corrected chi connectivity index (χ0v) is 15.6. The van der Waals surface area contributed by atoms with E-state index in [9.17, 15) is 9.59 Å². The van der Waals surface area contributed by atoms with Crippen molar-refractivity contribution in [2.24, 2.45) is 0 Å². The molecule has 126 valence electrons. The van der Waals surface area contributed by atoms with Crippen molar-refractivity contribution in [2.45, 2.75) is 33.3 Å². The van der Waals surface area contributed by atoms with Crippen LogP contribution < -0.4 is 5.32 Å². The van der Waals surface area contributed by atoms with Crippen molar-refractivity contribution in [3.8, 4) is 0 Å². The van der Waals surface area contributed by atoms with Crippen molar-refractivity contribution in [2.75, 3.05) is 5.32 Å². The number of aromatic nitrogens is 1. The maximum atomic E-state index is 12.6. The predicted molar refractivity (Wildman–Crippen MR) is 96.2 cm³/mol. The van der Waals surface area contributed by atoms with Gasteiger partial charge in [-0.05, 0) is 58.0 Å². The molecular formula is C18H19BrN2O3. The summed E-state index contributed by atoms with van der Waals surface area (Å²) in [5.74, 6) is -0.539. The molecule has 6 heteroatoms. The molecule has 0 spiro atoms. The summed E-state index contributed by atoms with van der Waals surface area (Å²) < 4.78 is 6.07. The Bertz CT molecular complexity index is 782. The lowest BCUT2D eigenvalue weighted by Crippen LogP contribution is -2.26. The van der Waals surface area contributed by atoms with Crippen LogP contribution in [0.25, 0.3) is 0 Å². The standard InChI is InChI=1S/C18H19BrN2O3/c1-11-6-5-7-15(20-11)21-16(22)14-10-12(19)8-9-13(14)17(23)24-18(2,3)4/h5-10H,1-4H3,(H,20,21,22). The maximum absolute atomic E-state index is 12.6. The van der Waals surface area contributed by atoms with Crippen molar-refractivity contribution >= 4 is 33.6 Å². The predicted octanol–water partition coefficient (Wildman–Crippen LogP) is 4.36.